The lowest BCUT2D eigenvalue weighted by atomic mass is 9.85. The van der Waals surface area contributed by atoms with Crippen LogP contribution >= 0.6 is 0 Å². The lowest BCUT2D eigenvalue weighted by molar-refractivity contribution is 0.0697. The molecule has 1 amide bonds. The molecule has 1 aliphatic rings. The average molecular weight is 215 g/mol. The number of piperidine rings is 1. The highest BCUT2D eigenvalue weighted by Crippen LogP contribution is 2.26. The van der Waals surface area contributed by atoms with Gasteiger partial charge in [-0.15, -0.1) is 0 Å². The zero-order valence-electron chi connectivity index (χ0n) is 9.61. The molecule has 0 aromatic heterocycles. The van der Waals surface area contributed by atoms with Crippen molar-refractivity contribution < 1.29 is 14.6 Å². The van der Waals surface area contributed by atoms with Gasteiger partial charge in [-0.1, -0.05) is 6.92 Å². The Hall–Kier alpha value is -0.770. The largest absolute Gasteiger partial charge is 0.450 e. The van der Waals surface area contributed by atoms with Crippen molar-refractivity contribution in [2.75, 3.05) is 26.3 Å². The maximum Gasteiger partial charge on any atom is 0.409 e. The van der Waals surface area contributed by atoms with Crippen LogP contribution in [0.2, 0.25) is 0 Å². The van der Waals surface area contributed by atoms with Crippen LogP contribution in [0.15, 0.2) is 0 Å². The van der Waals surface area contributed by atoms with Gasteiger partial charge in [0.05, 0.1) is 6.61 Å². The Morgan fingerprint density at radius 3 is 2.87 bits per heavy atom. The third-order valence-electron chi connectivity index (χ3n) is 3.11. The smallest absolute Gasteiger partial charge is 0.409 e. The van der Waals surface area contributed by atoms with Crippen LogP contribution in [0.25, 0.3) is 0 Å². The molecule has 4 heteroatoms. The lowest BCUT2D eigenvalue weighted by Crippen LogP contribution is -2.43. The first-order valence-corrected chi connectivity index (χ1v) is 5.71. The first-order chi connectivity index (χ1) is 7.19. The second-order valence-electron chi connectivity index (χ2n) is 4.18. The van der Waals surface area contributed by atoms with E-state index in [4.69, 9.17) is 9.84 Å². The van der Waals surface area contributed by atoms with E-state index in [1.807, 2.05) is 6.92 Å². The first-order valence-electron chi connectivity index (χ1n) is 5.71. The topological polar surface area (TPSA) is 49.8 Å². The summed E-state index contributed by atoms with van der Waals surface area (Å²) in [6.45, 7) is 6.14. The molecule has 1 fully saturated rings. The second-order valence-corrected chi connectivity index (χ2v) is 4.18. The first kappa shape index (κ1) is 12.3. The standard InChI is InChI=1S/C11H21NO3/c1-3-15-11(14)12-6-4-10(5-7-13)9(2)8-12/h9-10,13H,3-8H2,1-2H3/t9-,10-/m1/s1. The predicted octanol–water partition coefficient (Wildman–Crippen LogP) is 1.48. The molecule has 0 bridgehead atoms. The summed E-state index contributed by atoms with van der Waals surface area (Å²) in [5, 5.41) is 8.89. The van der Waals surface area contributed by atoms with Gasteiger partial charge in [0.15, 0.2) is 0 Å². The number of aliphatic hydroxyl groups excluding tert-OH is 1. The van der Waals surface area contributed by atoms with Crippen molar-refractivity contribution in [1.29, 1.82) is 0 Å². The molecule has 0 radical (unpaired) electrons. The van der Waals surface area contributed by atoms with E-state index in [9.17, 15) is 4.79 Å². The number of amides is 1. The van der Waals surface area contributed by atoms with Crippen molar-refractivity contribution in [3.8, 4) is 0 Å². The van der Waals surface area contributed by atoms with Gasteiger partial charge in [-0.2, -0.15) is 0 Å². The van der Waals surface area contributed by atoms with E-state index >= 15 is 0 Å². The number of carbonyl (C=O) groups is 1. The van der Waals surface area contributed by atoms with E-state index < -0.39 is 0 Å². The van der Waals surface area contributed by atoms with Gasteiger partial charge in [-0.05, 0) is 31.6 Å². The number of hydrogen-bond acceptors (Lipinski definition) is 3. The van der Waals surface area contributed by atoms with E-state index in [2.05, 4.69) is 6.92 Å². The Morgan fingerprint density at radius 2 is 2.33 bits per heavy atom. The number of likely N-dealkylation sites (tertiary alicyclic amines) is 1. The van der Waals surface area contributed by atoms with Gasteiger partial charge in [0.1, 0.15) is 0 Å². The maximum atomic E-state index is 11.5. The predicted molar refractivity (Wildman–Crippen MR) is 57.6 cm³/mol. The lowest BCUT2D eigenvalue weighted by Gasteiger charge is -2.36. The SMILES string of the molecule is CCOC(=O)N1CC[C@H](CCO)[C@H](C)C1. The van der Waals surface area contributed by atoms with E-state index in [0.717, 1.165) is 25.9 Å². The minimum absolute atomic E-state index is 0.202. The van der Waals surface area contributed by atoms with Gasteiger partial charge in [0.2, 0.25) is 0 Å². The molecule has 1 rings (SSSR count). The molecular formula is C11H21NO3. The van der Waals surface area contributed by atoms with Crippen LogP contribution in [-0.2, 0) is 4.74 Å². The van der Waals surface area contributed by atoms with Crippen LogP contribution in [0.3, 0.4) is 0 Å². The van der Waals surface area contributed by atoms with E-state index in [-0.39, 0.29) is 12.7 Å². The highest BCUT2D eigenvalue weighted by atomic mass is 16.6. The Morgan fingerprint density at radius 1 is 1.60 bits per heavy atom. The molecule has 0 spiro atoms. The highest BCUT2D eigenvalue weighted by molar-refractivity contribution is 5.67. The monoisotopic (exact) mass is 215 g/mol. The Kier molecular flexibility index (Phi) is 4.88. The molecular weight excluding hydrogens is 194 g/mol. The van der Waals surface area contributed by atoms with E-state index in [1.165, 1.54) is 0 Å². The van der Waals surface area contributed by atoms with E-state index in [0.29, 0.717) is 18.4 Å². The molecule has 0 saturated carbocycles. The quantitative estimate of drug-likeness (QED) is 0.776. The van der Waals surface area contributed by atoms with Gasteiger partial charge in [0, 0.05) is 19.7 Å². The minimum atomic E-state index is -0.202. The summed E-state index contributed by atoms with van der Waals surface area (Å²) >= 11 is 0. The highest BCUT2D eigenvalue weighted by Gasteiger charge is 2.28. The second kappa shape index (κ2) is 5.95. The number of aliphatic hydroxyl groups is 1. The van der Waals surface area contributed by atoms with Gasteiger partial charge in [-0.3, -0.25) is 0 Å². The Bertz CT molecular complexity index is 208. The third kappa shape index (κ3) is 3.38. The molecule has 2 atom stereocenters. The zero-order chi connectivity index (χ0) is 11.3. The van der Waals surface area contributed by atoms with Crippen LogP contribution in [0.5, 0.6) is 0 Å². The summed E-state index contributed by atoms with van der Waals surface area (Å²) in [5.41, 5.74) is 0. The van der Waals surface area contributed by atoms with Crippen LogP contribution < -0.4 is 0 Å². The molecule has 0 aromatic carbocycles. The number of rotatable bonds is 3. The summed E-state index contributed by atoms with van der Waals surface area (Å²) in [4.78, 5) is 13.2. The fourth-order valence-electron chi connectivity index (χ4n) is 2.17. The fourth-order valence-corrected chi connectivity index (χ4v) is 2.17. The normalized spacial score (nSPS) is 26.5. The molecule has 1 N–H and O–H groups in total. The van der Waals surface area contributed by atoms with Gasteiger partial charge >= 0.3 is 6.09 Å². The summed E-state index contributed by atoms with van der Waals surface area (Å²) in [5.74, 6) is 0.996. The zero-order valence-corrected chi connectivity index (χ0v) is 9.61. The molecule has 0 aliphatic carbocycles. The van der Waals surface area contributed by atoms with Crippen molar-refractivity contribution in [1.82, 2.24) is 4.90 Å². The van der Waals surface area contributed by atoms with Gasteiger partial charge < -0.3 is 14.7 Å². The van der Waals surface area contributed by atoms with Crippen molar-refractivity contribution in [2.45, 2.75) is 26.7 Å². The minimum Gasteiger partial charge on any atom is -0.450 e. The molecule has 88 valence electrons. The number of nitrogens with zero attached hydrogens (tertiary/aromatic N) is 1. The van der Waals surface area contributed by atoms with Crippen LogP contribution in [0.4, 0.5) is 4.79 Å². The van der Waals surface area contributed by atoms with Gasteiger partial charge in [0.25, 0.3) is 0 Å². The molecule has 15 heavy (non-hydrogen) atoms. The summed E-state index contributed by atoms with van der Waals surface area (Å²) in [6, 6.07) is 0. The maximum absolute atomic E-state index is 11.5. The molecule has 1 saturated heterocycles. The van der Waals surface area contributed by atoms with Crippen molar-refractivity contribution in [2.24, 2.45) is 11.8 Å². The molecule has 0 aromatic rings. The van der Waals surface area contributed by atoms with Crippen molar-refractivity contribution in [3.05, 3.63) is 0 Å². The molecule has 1 aliphatic heterocycles. The molecule has 0 unspecified atom stereocenters. The Balaban J connectivity index is 2.39. The molecule has 1 heterocycles. The average Bonchev–Trinajstić information content (AvgIpc) is 2.21. The summed E-state index contributed by atoms with van der Waals surface area (Å²) in [6.07, 6.45) is 1.62. The number of hydrogen-bond donors (Lipinski definition) is 1. The van der Waals surface area contributed by atoms with Gasteiger partial charge in [-0.25, -0.2) is 4.79 Å². The fraction of sp³-hybridized carbons (Fsp3) is 0.909. The van der Waals surface area contributed by atoms with Crippen LogP contribution in [-0.4, -0.2) is 42.4 Å². The van der Waals surface area contributed by atoms with Crippen molar-refractivity contribution in [3.63, 3.8) is 0 Å². The summed E-state index contributed by atoms with van der Waals surface area (Å²) < 4.78 is 4.96. The van der Waals surface area contributed by atoms with E-state index in [1.54, 1.807) is 4.90 Å². The van der Waals surface area contributed by atoms with Crippen LogP contribution in [0.1, 0.15) is 26.7 Å². The summed E-state index contributed by atoms with van der Waals surface area (Å²) in [7, 11) is 0. The Labute approximate surface area is 91.2 Å². The van der Waals surface area contributed by atoms with Crippen LogP contribution in [0, 0.1) is 11.8 Å². The molecule has 4 nitrogen and oxygen atoms in total. The van der Waals surface area contributed by atoms with Crippen molar-refractivity contribution >= 4 is 6.09 Å². The number of carbonyl (C=O) groups excluding carboxylic acids is 1. The number of ether oxygens (including phenoxy) is 1. The third-order valence-corrected chi connectivity index (χ3v) is 3.11.